The smallest absolute Gasteiger partial charge is 0.262 e. The summed E-state index contributed by atoms with van der Waals surface area (Å²) in [6, 6.07) is 12.7. The molecule has 0 aliphatic heterocycles. The molecule has 0 saturated heterocycles. The topological polar surface area (TPSA) is 67.4 Å². The maximum atomic E-state index is 12.0. The summed E-state index contributed by atoms with van der Waals surface area (Å²) in [6.45, 7) is 5.33. The van der Waals surface area contributed by atoms with Crippen LogP contribution < -0.4 is 15.4 Å². The summed E-state index contributed by atoms with van der Waals surface area (Å²) in [5.41, 5.74) is 3.38. The van der Waals surface area contributed by atoms with Crippen LogP contribution in [0.4, 0.5) is 11.4 Å². The molecule has 0 saturated carbocycles. The van der Waals surface area contributed by atoms with Crippen LogP contribution in [0.3, 0.4) is 0 Å². The fourth-order valence-corrected chi connectivity index (χ4v) is 2.03. The number of anilines is 2. The molecule has 2 N–H and O–H groups in total. The molecule has 0 aromatic heterocycles. The number of carbonyl (C=O) groups is 2. The Kier molecular flexibility index (Phi) is 5.36. The normalized spacial score (nSPS) is 10.0. The SMILES string of the molecule is CC(=O)Nc1ccccc1NC(=O)COc1ccc(C)c(C)c1. The van der Waals surface area contributed by atoms with Gasteiger partial charge in [-0.25, -0.2) is 0 Å². The van der Waals surface area contributed by atoms with Crippen molar-refractivity contribution >= 4 is 23.2 Å². The number of nitrogens with one attached hydrogen (secondary N) is 2. The molecule has 0 radical (unpaired) electrons. The monoisotopic (exact) mass is 312 g/mol. The summed E-state index contributed by atoms with van der Waals surface area (Å²) >= 11 is 0. The lowest BCUT2D eigenvalue weighted by Gasteiger charge is -2.12. The summed E-state index contributed by atoms with van der Waals surface area (Å²) in [4.78, 5) is 23.2. The Labute approximate surface area is 135 Å². The number of aryl methyl sites for hydroxylation is 2. The third-order valence-corrected chi connectivity index (χ3v) is 3.36. The predicted octanol–water partition coefficient (Wildman–Crippen LogP) is 3.28. The maximum Gasteiger partial charge on any atom is 0.262 e. The zero-order chi connectivity index (χ0) is 16.8. The molecule has 0 unspecified atom stereocenters. The van der Waals surface area contributed by atoms with Gasteiger partial charge in [0.05, 0.1) is 11.4 Å². The third kappa shape index (κ3) is 4.85. The lowest BCUT2D eigenvalue weighted by molar-refractivity contribution is -0.118. The molecule has 2 aromatic carbocycles. The van der Waals surface area contributed by atoms with Crippen LogP contribution in [0.5, 0.6) is 5.75 Å². The number of amides is 2. The van der Waals surface area contributed by atoms with Gasteiger partial charge < -0.3 is 15.4 Å². The lowest BCUT2D eigenvalue weighted by atomic mass is 10.1. The Bertz CT molecular complexity index is 726. The second-order valence-corrected chi connectivity index (χ2v) is 5.31. The van der Waals surface area contributed by atoms with Crippen LogP contribution in [-0.4, -0.2) is 18.4 Å². The van der Waals surface area contributed by atoms with Gasteiger partial charge in [0.1, 0.15) is 5.75 Å². The van der Waals surface area contributed by atoms with Crippen molar-refractivity contribution in [2.75, 3.05) is 17.2 Å². The van der Waals surface area contributed by atoms with Crippen LogP contribution in [0.1, 0.15) is 18.1 Å². The van der Waals surface area contributed by atoms with Crippen molar-refractivity contribution in [1.29, 1.82) is 0 Å². The van der Waals surface area contributed by atoms with Gasteiger partial charge in [-0.2, -0.15) is 0 Å². The van der Waals surface area contributed by atoms with E-state index in [0.29, 0.717) is 17.1 Å². The quantitative estimate of drug-likeness (QED) is 0.890. The second kappa shape index (κ2) is 7.45. The first kappa shape index (κ1) is 16.5. The average molecular weight is 312 g/mol. The van der Waals surface area contributed by atoms with Gasteiger partial charge in [-0.3, -0.25) is 9.59 Å². The number of ether oxygens (including phenoxy) is 1. The van der Waals surface area contributed by atoms with E-state index < -0.39 is 0 Å². The Balaban J connectivity index is 1.97. The molecule has 5 nitrogen and oxygen atoms in total. The minimum Gasteiger partial charge on any atom is -0.484 e. The van der Waals surface area contributed by atoms with Crippen molar-refractivity contribution in [2.45, 2.75) is 20.8 Å². The van der Waals surface area contributed by atoms with Crippen LogP contribution >= 0.6 is 0 Å². The highest BCUT2D eigenvalue weighted by molar-refractivity contribution is 5.99. The van der Waals surface area contributed by atoms with E-state index in [-0.39, 0.29) is 18.4 Å². The van der Waals surface area contributed by atoms with E-state index in [0.717, 1.165) is 5.56 Å². The number of benzene rings is 2. The van der Waals surface area contributed by atoms with Crippen molar-refractivity contribution < 1.29 is 14.3 Å². The van der Waals surface area contributed by atoms with E-state index in [9.17, 15) is 9.59 Å². The largest absolute Gasteiger partial charge is 0.484 e. The summed E-state index contributed by atoms with van der Waals surface area (Å²) in [5.74, 6) is 0.164. The second-order valence-electron chi connectivity index (χ2n) is 5.31. The molecule has 23 heavy (non-hydrogen) atoms. The number of para-hydroxylation sites is 2. The van der Waals surface area contributed by atoms with Gasteiger partial charge in [-0.05, 0) is 49.2 Å². The Morgan fingerprint density at radius 2 is 1.61 bits per heavy atom. The molecule has 2 amide bonds. The molecule has 0 heterocycles. The van der Waals surface area contributed by atoms with Crippen LogP contribution in [0, 0.1) is 13.8 Å². The van der Waals surface area contributed by atoms with Crippen LogP contribution in [0.25, 0.3) is 0 Å². The average Bonchev–Trinajstić information content (AvgIpc) is 2.50. The Morgan fingerprint density at radius 3 is 2.22 bits per heavy atom. The molecule has 2 aromatic rings. The standard InChI is InChI=1S/C18H20N2O3/c1-12-8-9-15(10-13(12)2)23-11-18(22)20-17-7-5-4-6-16(17)19-14(3)21/h4-10H,11H2,1-3H3,(H,19,21)(H,20,22). The first-order valence-corrected chi connectivity index (χ1v) is 7.32. The molecule has 0 fully saturated rings. The Morgan fingerprint density at radius 1 is 0.957 bits per heavy atom. The lowest BCUT2D eigenvalue weighted by Crippen LogP contribution is -2.21. The van der Waals surface area contributed by atoms with E-state index in [1.165, 1.54) is 12.5 Å². The minimum atomic E-state index is -0.291. The molecule has 120 valence electrons. The molecule has 5 heteroatoms. The first-order valence-electron chi connectivity index (χ1n) is 7.32. The summed E-state index contributed by atoms with van der Waals surface area (Å²) in [5, 5.41) is 5.41. The van der Waals surface area contributed by atoms with Crippen LogP contribution in [-0.2, 0) is 9.59 Å². The molecular weight excluding hydrogens is 292 g/mol. The highest BCUT2D eigenvalue weighted by Crippen LogP contribution is 2.21. The van der Waals surface area contributed by atoms with Gasteiger partial charge in [0, 0.05) is 6.92 Å². The first-order chi connectivity index (χ1) is 11.0. The highest BCUT2D eigenvalue weighted by Gasteiger charge is 2.08. The van der Waals surface area contributed by atoms with Crippen LogP contribution in [0.15, 0.2) is 42.5 Å². The van der Waals surface area contributed by atoms with Gasteiger partial charge in [0.15, 0.2) is 6.61 Å². The van der Waals surface area contributed by atoms with E-state index in [2.05, 4.69) is 10.6 Å². The van der Waals surface area contributed by atoms with Crippen LogP contribution in [0.2, 0.25) is 0 Å². The van der Waals surface area contributed by atoms with Crippen molar-refractivity contribution in [1.82, 2.24) is 0 Å². The number of hydrogen-bond acceptors (Lipinski definition) is 3. The van der Waals surface area contributed by atoms with Gasteiger partial charge in [0.2, 0.25) is 5.91 Å². The van der Waals surface area contributed by atoms with E-state index >= 15 is 0 Å². The molecule has 0 atom stereocenters. The van der Waals surface area contributed by atoms with E-state index in [1.807, 2.05) is 32.0 Å². The zero-order valence-corrected chi connectivity index (χ0v) is 13.5. The highest BCUT2D eigenvalue weighted by atomic mass is 16.5. The van der Waals surface area contributed by atoms with Gasteiger partial charge in [-0.15, -0.1) is 0 Å². The number of hydrogen-bond donors (Lipinski definition) is 2. The predicted molar refractivity (Wildman–Crippen MR) is 90.8 cm³/mol. The van der Waals surface area contributed by atoms with Gasteiger partial charge in [0.25, 0.3) is 5.91 Å². The van der Waals surface area contributed by atoms with Gasteiger partial charge in [-0.1, -0.05) is 18.2 Å². The molecule has 0 aliphatic carbocycles. The number of carbonyl (C=O) groups excluding carboxylic acids is 2. The molecule has 0 spiro atoms. The van der Waals surface area contributed by atoms with Crippen molar-refractivity contribution in [3.05, 3.63) is 53.6 Å². The summed E-state index contributed by atoms with van der Waals surface area (Å²) < 4.78 is 5.50. The summed E-state index contributed by atoms with van der Waals surface area (Å²) in [6.07, 6.45) is 0. The fraction of sp³-hybridized carbons (Fsp3) is 0.222. The van der Waals surface area contributed by atoms with Crippen molar-refractivity contribution in [3.63, 3.8) is 0 Å². The zero-order valence-electron chi connectivity index (χ0n) is 13.5. The van der Waals surface area contributed by atoms with Gasteiger partial charge >= 0.3 is 0 Å². The van der Waals surface area contributed by atoms with E-state index in [4.69, 9.17) is 4.74 Å². The van der Waals surface area contributed by atoms with Crippen molar-refractivity contribution in [2.24, 2.45) is 0 Å². The molecule has 2 rings (SSSR count). The third-order valence-electron chi connectivity index (χ3n) is 3.36. The molecule has 0 aliphatic rings. The maximum absolute atomic E-state index is 12.0. The van der Waals surface area contributed by atoms with E-state index in [1.54, 1.807) is 24.3 Å². The number of rotatable bonds is 5. The van der Waals surface area contributed by atoms with Crippen molar-refractivity contribution in [3.8, 4) is 5.75 Å². The fourth-order valence-electron chi connectivity index (χ4n) is 2.03. The Hall–Kier alpha value is -2.82. The summed E-state index contributed by atoms with van der Waals surface area (Å²) in [7, 11) is 0. The molecule has 0 bridgehead atoms. The minimum absolute atomic E-state index is 0.100. The molecular formula is C18H20N2O3.